The number of amides is 1. The molecule has 0 radical (unpaired) electrons. The number of hydrogen-bond acceptors (Lipinski definition) is 8. The van der Waals surface area contributed by atoms with Crippen molar-refractivity contribution in [1.29, 1.82) is 0 Å². The van der Waals surface area contributed by atoms with Gasteiger partial charge >= 0.3 is 5.97 Å². The quantitative estimate of drug-likeness (QED) is 0.346. The molecule has 0 spiro atoms. The Morgan fingerprint density at radius 1 is 1.21 bits per heavy atom. The van der Waals surface area contributed by atoms with Gasteiger partial charge in [-0.2, -0.15) is 4.31 Å². The molecule has 12 heteroatoms. The van der Waals surface area contributed by atoms with Crippen molar-refractivity contribution < 1.29 is 32.4 Å². The molecule has 1 saturated heterocycles. The van der Waals surface area contributed by atoms with Crippen molar-refractivity contribution in [3.8, 4) is 5.75 Å². The summed E-state index contributed by atoms with van der Waals surface area (Å²) < 4.78 is 37.1. The average Bonchev–Trinajstić information content (AvgIpc) is 3.29. The fraction of sp³-hybridized carbons (Fsp3) is 0.333. The fourth-order valence-corrected chi connectivity index (χ4v) is 5.07. The summed E-state index contributed by atoms with van der Waals surface area (Å²) in [6.07, 6.45) is 0.763. The lowest BCUT2D eigenvalue weighted by Crippen LogP contribution is -2.42. The van der Waals surface area contributed by atoms with Crippen molar-refractivity contribution in [2.45, 2.75) is 30.7 Å². The first kappa shape index (κ1) is 24.1. The van der Waals surface area contributed by atoms with Crippen molar-refractivity contribution in [2.24, 2.45) is 0 Å². The van der Waals surface area contributed by atoms with Crippen LogP contribution in [0.4, 0.5) is 11.4 Å². The summed E-state index contributed by atoms with van der Waals surface area (Å²) in [7, 11) is -2.61. The topological polar surface area (TPSA) is 145 Å². The number of methoxy groups -OCH3 is 1. The Morgan fingerprint density at radius 3 is 2.55 bits per heavy atom. The molecular weight excluding hydrogens is 454 g/mol. The molecule has 1 aliphatic rings. The van der Waals surface area contributed by atoms with Crippen molar-refractivity contribution in [2.75, 3.05) is 25.6 Å². The van der Waals surface area contributed by atoms with Gasteiger partial charge in [0.05, 0.1) is 28.7 Å². The molecule has 0 aliphatic carbocycles. The molecule has 1 N–H and O–H groups in total. The van der Waals surface area contributed by atoms with Crippen LogP contribution < -0.4 is 10.1 Å². The van der Waals surface area contributed by atoms with Crippen LogP contribution in [0.15, 0.2) is 47.4 Å². The first-order valence-corrected chi connectivity index (χ1v) is 11.4. The number of nitro benzene ring substituents is 1. The molecule has 1 heterocycles. The van der Waals surface area contributed by atoms with Gasteiger partial charge in [-0.25, -0.2) is 8.42 Å². The molecule has 11 nitrogen and oxygen atoms in total. The van der Waals surface area contributed by atoms with Gasteiger partial charge in [0.1, 0.15) is 11.8 Å². The van der Waals surface area contributed by atoms with Crippen LogP contribution in [0.5, 0.6) is 5.75 Å². The molecule has 1 fully saturated rings. The van der Waals surface area contributed by atoms with Gasteiger partial charge in [-0.05, 0) is 38.0 Å². The zero-order valence-electron chi connectivity index (χ0n) is 18.0. The molecule has 0 bridgehead atoms. The number of rotatable bonds is 8. The zero-order valence-corrected chi connectivity index (χ0v) is 18.8. The second-order valence-corrected chi connectivity index (χ2v) is 9.27. The van der Waals surface area contributed by atoms with Crippen LogP contribution in [-0.2, 0) is 24.3 Å². The number of carbonyl (C=O) groups is 2. The van der Waals surface area contributed by atoms with E-state index in [4.69, 9.17) is 9.47 Å². The standard InChI is InChI=1S/C21H23N3O8S/c1-14-5-8-16(9-6-14)33(29,30)23-11-3-4-18(23)21(26)32-13-20(25)22-17-10-7-15(24(27)28)12-19(17)31-2/h5-10,12,18H,3-4,11,13H2,1-2H3,(H,22,25). The number of sulfonamides is 1. The van der Waals surface area contributed by atoms with Crippen LogP contribution in [-0.4, -0.2) is 55.8 Å². The smallest absolute Gasteiger partial charge is 0.324 e. The summed E-state index contributed by atoms with van der Waals surface area (Å²) in [4.78, 5) is 35.2. The van der Waals surface area contributed by atoms with E-state index in [0.717, 1.165) is 15.9 Å². The number of nitrogens with one attached hydrogen (secondary N) is 1. The van der Waals surface area contributed by atoms with E-state index in [9.17, 15) is 28.1 Å². The predicted octanol–water partition coefficient (Wildman–Crippen LogP) is 2.25. The van der Waals surface area contributed by atoms with Crippen molar-refractivity contribution >= 4 is 33.3 Å². The number of aryl methyl sites for hydroxylation is 1. The predicted molar refractivity (Wildman–Crippen MR) is 117 cm³/mol. The lowest BCUT2D eigenvalue weighted by atomic mass is 10.2. The Hall–Kier alpha value is -3.51. The molecular formula is C21H23N3O8S. The Kier molecular flexibility index (Phi) is 7.29. The molecule has 176 valence electrons. The summed E-state index contributed by atoms with van der Waals surface area (Å²) in [5, 5.41) is 13.3. The molecule has 0 aromatic heterocycles. The van der Waals surface area contributed by atoms with Gasteiger partial charge in [0.2, 0.25) is 10.0 Å². The Bertz CT molecular complexity index is 1160. The van der Waals surface area contributed by atoms with E-state index in [0.29, 0.717) is 6.42 Å². The first-order chi connectivity index (χ1) is 15.6. The van der Waals surface area contributed by atoms with Gasteiger partial charge in [0.25, 0.3) is 11.6 Å². The van der Waals surface area contributed by atoms with Gasteiger partial charge in [0, 0.05) is 12.6 Å². The van der Waals surface area contributed by atoms with Crippen LogP contribution in [0.1, 0.15) is 18.4 Å². The number of carbonyl (C=O) groups excluding carboxylic acids is 2. The third-order valence-corrected chi connectivity index (χ3v) is 7.04. The fourth-order valence-electron chi connectivity index (χ4n) is 3.42. The van der Waals surface area contributed by atoms with Crippen molar-refractivity contribution in [3.63, 3.8) is 0 Å². The van der Waals surface area contributed by atoms with Crippen LogP contribution in [0.3, 0.4) is 0 Å². The number of non-ortho nitro benzene ring substituents is 1. The highest BCUT2D eigenvalue weighted by atomic mass is 32.2. The number of benzene rings is 2. The third kappa shape index (κ3) is 5.46. The van der Waals surface area contributed by atoms with Gasteiger partial charge in [-0.15, -0.1) is 0 Å². The number of nitro groups is 1. The molecule has 1 atom stereocenters. The minimum absolute atomic E-state index is 0.0648. The molecule has 0 saturated carbocycles. The second kappa shape index (κ2) is 9.96. The SMILES string of the molecule is COc1cc([N+](=O)[O-])ccc1NC(=O)COC(=O)C1CCCN1S(=O)(=O)c1ccc(C)cc1. The number of hydrogen-bond donors (Lipinski definition) is 1. The molecule has 33 heavy (non-hydrogen) atoms. The van der Waals surface area contributed by atoms with E-state index in [1.807, 2.05) is 6.92 Å². The maximum absolute atomic E-state index is 13.0. The van der Waals surface area contributed by atoms with Crippen molar-refractivity contribution in [3.05, 3.63) is 58.1 Å². The van der Waals surface area contributed by atoms with Crippen LogP contribution in [0, 0.1) is 17.0 Å². The summed E-state index contributed by atoms with van der Waals surface area (Å²) in [5.41, 5.74) is 0.850. The van der Waals surface area contributed by atoms with Gasteiger partial charge < -0.3 is 14.8 Å². The van der Waals surface area contributed by atoms with Crippen LogP contribution in [0.2, 0.25) is 0 Å². The highest BCUT2D eigenvalue weighted by Crippen LogP contribution is 2.29. The van der Waals surface area contributed by atoms with Gasteiger partial charge in [-0.3, -0.25) is 19.7 Å². The van der Waals surface area contributed by atoms with Crippen molar-refractivity contribution in [1.82, 2.24) is 4.31 Å². The normalized spacial score (nSPS) is 16.2. The van der Waals surface area contributed by atoms with Gasteiger partial charge in [-0.1, -0.05) is 17.7 Å². The molecule has 1 amide bonds. The molecule has 1 aliphatic heterocycles. The summed E-state index contributed by atoms with van der Waals surface area (Å²) in [6, 6.07) is 8.92. The van der Waals surface area contributed by atoms with Crippen LogP contribution >= 0.6 is 0 Å². The number of anilines is 1. The van der Waals surface area contributed by atoms with Crippen LogP contribution in [0.25, 0.3) is 0 Å². The number of esters is 1. The largest absolute Gasteiger partial charge is 0.494 e. The molecule has 3 rings (SSSR count). The van der Waals surface area contributed by atoms with E-state index >= 15 is 0 Å². The molecule has 1 unspecified atom stereocenters. The average molecular weight is 477 g/mol. The van der Waals surface area contributed by atoms with E-state index < -0.39 is 39.5 Å². The minimum Gasteiger partial charge on any atom is -0.494 e. The maximum atomic E-state index is 13.0. The lowest BCUT2D eigenvalue weighted by Gasteiger charge is -2.22. The zero-order chi connectivity index (χ0) is 24.2. The third-order valence-electron chi connectivity index (χ3n) is 5.12. The number of ether oxygens (including phenoxy) is 2. The maximum Gasteiger partial charge on any atom is 0.324 e. The van der Waals surface area contributed by atoms with E-state index in [2.05, 4.69) is 5.32 Å². The summed E-state index contributed by atoms with van der Waals surface area (Å²) in [5.74, 6) is -1.47. The Balaban J connectivity index is 1.63. The first-order valence-electron chi connectivity index (χ1n) is 10.0. The Labute approximate surface area is 190 Å². The van der Waals surface area contributed by atoms with E-state index in [1.165, 1.54) is 31.4 Å². The lowest BCUT2D eigenvalue weighted by molar-refractivity contribution is -0.384. The molecule has 2 aromatic rings. The van der Waals surface area contributed by atoms with Gasteiger partial charge in [0.15, 0.2) is 6.61 Å². The Morgan fingerprint density at radius 2 is 1.91 bits per heavy atom. The second-order valence-electron chi connectivity index (χ2n) is 7.38. The minimum atomic E-state index is -3.90. The molecule has 2 aromatic carbocycles. The monoisotopic (exact) mass is 477 g/mol. The number of nitrogens with zero attached hydrogens (tertiary/aromatic N) is 2. The van der Waals surface area contributed by atoms with E-state index in [-0.39, 0.29) is 35.0 Å². The summed E-state index contributed by atoms with van der Waals surface area (Å²) >= 11 is 0. The summed E-state index contributed by atoms with van der Waals surface area (Å²) in [6.45, 7) is 1.35. The van der Waals surface area contributed by atoms with E-state index in [1.54, 1.807) is 12.1 Å². The highest BCUT2D eigenvalue weighted by Gasteiger charge is 2.40. The highest BCUT2D eigenvalue weighted by molar-refractivity contribution is 7.89.